The summed E-state index contributed by atoms with van der Waals surface area (Å²) in [6.45, 7) is 10.0. The number of carbonyl (C=O) groups excluding carboxylic acids is 2. The van der Waals surface area contributed by atoms with Gasteiger partial charge >= 0.3 is 11.9 Å². The summed E-state index contributed by atoms with van der Waals surface area (Å²) in [4.78, 5) is 38.7. The SMILES string of the molecule is CC.COC(=O)c1cc(C(C)(C)C)cc(C(=O)OC)c1N(c1cccc(-c2ccccc2)n1)c1cccc(-c2ccccc2)n1. The van der Waals surface area contributed by atoms with Crippen molar-refractivity contribution in [3.63, 3.8) is 0 Å². The summed E-state index contributed by atoms with van der Waals surface area (Å²) in [5, 5.41) is 0. The first-order valence-electron chi connectivity index (χ1n) is 14.9. The molecule has 0 N–H and O–H groups in total. The van der Waals surface area contributed by atoms with Crippen LogP contribution in [0.2, 0.25) is 0 Å². The van der Waals surface area contributed by atoms with Crippen LogP contribution >= 0.6 is 0 Å². The van der Waals surface area contributed by atoms with Gasteiger partial charge in [-0.2, -0.15) is 0 Å². The molecular weight excluding hydrogens is 562 g/mol. The molecule has 0 spiro atoms. The number of nitrogens with zero attached hydrogens (tertiary/aromatic N) is 3. The first-order chi connectivity index (χ1) is 21.7. The Morgan fingerprint density at radius 3 is 1.36 bits per heavy atom. The number of methoxy groups -OCH3 is 2. The van der Waals surface area contributed by atoms with Gasteiger partial charge in [-0.05, 0) is 47.4 Å². The van der Waals surface area contributed by atoms with Crippen molar-refractivity contribution in [2.24, 2.45) is 0 Å². The van der Waals surface area contributed by atoms with E-state index in [0.717, 1.165) is 16.7 Å². The Morgan fingerprint density at radius 2 is 1.00 bits per heavy atom. The van der Waals surface area contributed by atoms with Crippen LogP contribution in [0.5, 0.6) is 0 Å². The predicted octanol–water partition coefficient (Wildman–Crippen LogP) is 9.18. The summed E-state index contributed by atoms with van der Waals surface area (Å²) in [5.41, 5.74) is 4.30. The minimum atomic E-state index is -0.602. The van der Waals surface area contributed by atoms with Crippen LogP contribution < -0.4 is 4.90 Å². The number of hydrogen-bond acceptors (Lipinski definition) is 7. The summed E-state index contributed by atoms with van der Waals surface area (Å²) in [7, 11) is 2.64. The molecule has 0 atom stereocenters. The first-order valence-corrected chi connectivity index (χ1v) is 14.9. The van der Waals surface area contributed by atoms with Crippen LogP contribution in [0.15, 0.2) is 109 Å². The summed E-state index contributed by atoms with van der Waals surface area (Å²) in [6, 6.07) is 34.4. The number of pyridine rings is 2. The van der Waals surface area contributed by atoms with Gasteiger partial charge in [-0.25, -0.2) is 19.6 Å². The zero-order valence-corrected chi connectivity index (χ0v) is 26.9. The average Bonchev–Trinajstić information content (AvgIpc) is 3.09. The molecule has 0 unspecified atom stereocenters. The van der Waals surface area contributed by atoms with Crippen molar-refractivity contribution in [1.29, 1.82) is 0 Å². The topological polar surface area (TPSA) is 81.6 Å². The zero-order chi connectivity index (χ0) is 32.6. The quantitative estimate of drug-likeness (QED) is 0.172. The third-order valence-electron chi connectivity index (χ3n) is 7.08. The van der Waals surface area contributed by atoms with Gasteiger partial charge in [0.15, 0.2) is 0 Å². The Kier molecular flexibility index (Phi) is 10.5. The van der Waals surface area contributed by atoms with E-state index in [4.69, 9.17) is 19.4 Å². The van der Waals surface area contributed by atoms with E-state index in [2.05, 4.69) is 0 Å². The van der Waals surface area contributed by atoms with E-state index < -0.39 is 11.9 Å². The molecule has 0 fully saturated rings. The lowest BCUT2D eigenvalue weighted by Crippen LogP contribution is -2.23. The molecule has 45 heavy (non-hydrogen) atoms. The number of rotatable bonds is 7. The maximum atomic E-state index is 13.5. The van der Waals surface area contributed by atoms with Gasteiger partial charge in [-0.1, -0.05) is 107 Å². The second-order valence-electron chi connectivity index (χ2n) is 11.0. The van der Waals surface area contributed by atoms with Gasteiger partial charge in [-0.3, -0.25) is 4.90 Å². The number of benzene rings is 3. The van der Waals surface area contributed by atoms with Crippen LogP contribution in [0, 0.1) is 0 Å². The molecule has 0 amide bonds. The number of ether oxygens (including phenoxy) is 2. The molecule has 5 rings (SSSR count). The van der Waals surface area contributed by atoms with E-state index in [1.807, 2.05) is 132 Å². The fourth-order valence-electron chi connectivity index (χ4n) is 4.82. The maximum absolute atomic E-state index is 13.5. The number of hydrogen-bond donors (Lipinski definition) is 0. The van der Waals surface area contributed by atoms with Crippen molar-refractivity contribution in [1.82, 2.24) is 9.97 Å². The smallest absolute Gasteiger partial charge is 0.340 e. The van der Waals surface area contributed by atoms with Crippen LogP contribution in [0.25, 0.3) is 22.5 Å². The molecule has 7 nitrogen and oxygen atoms in total. The summed E-state index contributed by atoms with van der Waals surface area (Å²) in [6.07, 6.45) is 0. The van der Waals surface area contributed by atoms with Gasteiger partial charge in [0.25, 0.3) is 0 Å². The average molecular weight is 602 g/mol. The van der Waals surface area contributed by atoms with Crippen molar-refractivity contribution in [2.45, 2.75) is 40.0 Å². The van der Waals surface area contributed by atoms with E-state index in [9.17, 15) is 9.59 Å². The minimum Gasteiger partial charge on any atom is -0.465 e. The van der Waals surface area contributed by atoms with Crippen LogP contribution in [0.1, 0.15) is 60.9 Å². The fourth-order valence-corrected chi connectivity index (χ4v) is 4.82. The highest BCUT2D eigenvalue weighted by atomic mass is 16.5. The highest BCUT2D eigenvalue weighted by Gasteiger charge is 2.31. The van der Waals surface area contributed by atoms with Crippen molar-refractivity contribution in [3.8, 4) is 22.5 Å². The molecule has 230 valence electrons. The standard InChI is InChI=1S/C36H33N3O4.C2H6/c1-36(2,3)26-22-27(34(40)42-4)33(28(23-26)35(41)43-5)39(31-20-12-18-29(37-31)24-14-8-6-9-15-24)32-21-13-19-30(38-32)25-16-10-7-11-17-25;1-2/h6-23H,1-5H3;1-2H3. The lowest BCUT2D eigenvalue weighted by atomic mass is 9.84. The molecule has 0 bridgehead atoms. The minimum absolute atomic E-state index is 0.189. The summed E-state index contributed by atoms with van der Waals surface area (Å²) < 4.78 is 10.5. The molecule has 0 radical (unpaired) electrons. The normalized spacial score (nSPS) is 10.7. The van der Waals surface area contributed by atoms with Gasteiger partial charge in [-0.15, -0.1) is 0 Å². The van der Waals surface area contributed by atoms with Crippen LogP contribution in [-0.2, 0) is 14.9 Å². The number of aromatic nitrogens is 2. The largest absolute Gasteiger partial charge is 0.465 e. The Labute approximate surface area is 265 Å². The van der Waals surface area contributed by atoms with E-state index >= 15 is 0 Å². The molecule has 3 aromatic carbocycles. The number of esters is 2. The van der Waals surface area contributed by atoms with Crippen molar-refractivity contribution in [2.75, 3.05) is 19.1 Å². The van der Waals surface area contributed by atoms with E-state index in [1.165, 1.54) is 14.2 Å². The Bertz CT molecular complexity index is 1640. The van der Waals surface area contributed by atoms with Crippen molar-refractivity contribution < 1.29 is 19.1 Å². The van der Waals surface area contributed by atoms with Gasteiger partial charge in [0.1, 0.15) is 11.6 Å². The van der Waals surface area contributed by atoms with E-state index in [1.54, 1.807) is 17.0 Å². The maximum Gasteiger partial charge on any atom is 0.340 e. The third-order valence-corrected chi connectivity index (χ3v) is 7.08. The second-order valence-corrected chi connectivity index (χ2v) is 11.0. The zero-order valence-electron chi connectivity index (χ0n) is 26.9. The molecule has 5 aromatic rings. The molecule has 2 aromatic heterocycles. The first kappa shape index (κ1) is 32.6. The van der Waals surface area contributed by atoms with Gasteiger partial charge in [0.2, 0.25) is 0 Å². The number of anilines is 3. The highest BCUT2D eigenvalue weighted by Crippen LogP contribution is 2.41. The van der Waals surface area contributed by atoms with Crippen molar-refractivity contribution >= 4 is 29.3 Å². The molecule has 0 saturated carbocycles. The molecular formula is C38H39N3O4. The molecule has 0 saturated heterocycles. The van der Waals surface area contributed by atoms with Crippen LogP contribution in [0.4, 0.5) is 17.3 Å². The lowest BCUT2D eigenvalue weighted by Gasteiger charge is -2.29. The van der Waals surface area contributed by atoms with Gasteiger partial charge in [0, 0.05) is 11.1 Å². The molecule has 7 heteroatoms. The summed E-state index contributed by atoms with van der Waals surface area (Å²) >= 11 is 0. The van der Waals surface area contributed by atoms with Crippen molar-refractivity contribution in [3.05, 3.63) is 126 Å². The predicted molar refractivity (Wildman–Crippen MR) is 180 cm³/mol. The Morgan fingerprint density at radius 1 is 0.600 bits per heavy atom. The number of carbonyl (C=O) groups is 2. The Balaban J connectivity index is 0.00000226. The molecule has 0 aliphatic rings. The lowest BCUT2D eigenvalue weighted by molar-refractivity contribution is 0.0600. The van der Waals surface area contributed by atoms with E-state index in [-0.39, 0.29) is 22.2 Å². The van der Waals surface area contributed by atoms with E-state index in [0.29, 0.717) is 23.0 Å². The third kappa shape index (κ3) is 7.27. The molecule has 0 aliphatic carbocycles. The van der Waals surface area contributed by atoms with Gasteiger partial charge < -0.3 is 9.47 Å². The molecule has 0 aliphatic heterocycles. The highest BCUT2D eigenvalue weighted by molar-refractivity contribution is 6.07. The second kappa shape index (κ2) is 14.4. The fraction of sp³-hybridized carbons (Fsp3) is 0.211. The monoisotopic (exact) mass is 601 g/mol. The van der Waals surface area contributed by atoms with Crippen LogP contribution in [-0.4, -0.2) is 36.1 Å². The Hall–Kier alpha value is -5.30. The summed E-state index contributed by atoms with van der Waals surface area (Å²) in [5.74, 6) is -0.292. The van der Waals surface area contributed by atoms with Gasteiger partial charge in [0.05, 0.1) is 42.4 Å². The molecule has 2 heterocycles. The van der Waals surface area contributed by atoms with Crippen LogP contribution in [0.3, 0.4) is 0 Å².